The summed E-state index contributed by atoms with van der Waals surface area (Å²) in [5.41, 5.74) is 0. The molecule has 0 aliphatic carbocycles. The molecule has 0 bridgehead atoms. The Kier molecular flexibility index (Phi) is 3.83. The maximum atomic E-state index is 11.0. The molecule has 1 N–H and O–H groups in total. The Morgan fingerprint density at radius 2 is 2.36 bits per heavy atom. The van der Waals surface area contributed by atoms with E-state index in [9.17, 15) is 4.79 Å². The molecule has 0 saturated heterocycles. The summed E-state index contributed by atoms with van der Waals surface area (Å²) >= 11 is 8.86. The number of aromatic nitrogens is 2. The summed E-state index contributed by atoms with van der Waals surface area (Å²) in [6, 6.07) is -0.294. The number of Topliss-reactive ketones (excluding diaryl/α,β-unsaturated/α-hetero) is 1. The molecule has 14 heavy (non-hydrogen) atoms. The molecule has 0 aliphatic rings. The van der Waals surface area contributed by atoms with Gasteiger partial charge in [0.05, 0.1) is 10.5 Å². The Balaban J connectivity index is 2.85. The normalized spacial score (nSPS) is 12.3. The van der Waals surface area contributed by atoms with E-state index in [4.69, 9.17) is 11.6 Å². The minimum absolute atomic E-state index is 0.0339. The van der Waals surface area contributed by atoms with Crippen LogP contribution >= 0.6 is 27.5 Å². The van der Waals surface area contributed by atoms with Gasteiger partial charge in [-0.05, 0) is 41.4 Å². The van der Waals surface area contributed by atoms with Gasteiger partial charge in [-0.25, -0.2) is 4.98 Å². The Bertz CT molecular complexity index is 358. The molecule has 4 nitrogen and oxygen atoms in total. The summed E-state index contributed by atoms with van der Waals surface area (Å²) in [4.78, 5) is 18.7. The predicted octanol–water partition coefficient (Wildman–Crippen LogP) is 2.28. The van der Waals surface area contributed by atoms with Crippen LogP contribution in [0.25, 0.3) is 0 Å². The standard InChI is InChI=1S/C8H9BrClN3O/c1-4(5(2)14)12-7-6(9)3-11-8(10)13-7/h3-4H,1-2H3,(H,11,12,13). The largest absolute Gasteiger partial charge is 0.359 e. The van der Waals surface area contributed by atoms with Crippen molar-refractivity contribution in [3.05, 3.63) is 16.0 Å². The van der Waals surface area contributed by atoms with Crippen LogP contribution < -0.4 is 5.32 Å². The van der Waals surface area contributed by atoms with Crippen molar-refractivity contribution in [2.45, 2.75) is 19.9 Å². The lowest BCUT2D eigenvalue weighted by Gasteiger charge is -2.11. The number of halogens is 2. The summed E-state index contributed by atoms with van der Waals surface area (Å²) in [7, 11) is 0. The lowest BCUT2D eigenvalue weighted by Crippen LogP contribution is -2.24. The van der Waals surface area contributed by atoms with E-state index in [1.165, 1.54) is 13.1 Å². The number of ketones is 1. The third-order valence-corrected chi connectivity index (χ3v) is 2.44. The van der Waals surface area contributed by atoms with Gasteiger partial charge in [-0.15, -0.1) is 0 Å². The molecule has 1 heterocycles. The van der Waals surface area contributed by atoms with Crippen LogP contribution in [-0.4, -0.2) is 21.8 Å². The smallest absolute Gasteiger partial charge is 0.224 e. The maximum Gasteiger partial charge on any atom is 0.224 e. The van der Waals surface area contributed by atoms with Gasteiger partial charge in [-0.3, -0.25) is 4.79 Å². The van der Waals surface area contributed by atoms with Gasteiger partial charge in [0.25, 0.3) is 0 Å². The quantitative estimate of drug-likeness (QED) is 0.862. The van der Waals surface area contributed by atoms with Crippen molar-refractivity contribution in [3.8, 4) is 0 Å². The number of carbonyl (C=O) groups is 1. The highest BCUT2D eigenvalue weighted by Crippen LogP contribution is 2.20. The molecule has 1 aromatic heterocycles. The fraction of sp³-hybridized carbons (Fsp3) is 0.375. The summed E-state index contributed by atoms with van der Waals surface area (Å²) in [5.74, 6) is 0.555. The van der Waals surface area contributed by atoms with Crippen molar-refractivity contribution in [2.75, 3.05) is 5.32 Å². The molecule has 0 fully saturated rings. The Morgan fingerprint density at radius 3 is 2.93 bits per heavy atom. The first-order valence-corrected chi connectivity index (χ1v) is 5.13. The lowest BCUT2D eigenvalue weighted by atomic mass is 10.2. The number of hydrogen-bond acceptors (Lipinski definition) is 4. The lowest BCUT2D eigenvalue weighted by molar-refractivity contribution is -0.117. The molecular weight excluding hydrogens is 269 g/mol. The molecule has 0 amide bonds. The molecule has 0 radical (unpaired) electrons. The molecule has 0 aliphatic heterocycles. The summed E-state index contributed by atoms with van der Waals surface area (Å²) in [6.45, 7) is 3.26. The fourth-order valence-corrected chi connectivity index (χ4v) is 1.19. The van der Waals surface area contributed by atoms with Gasteiger partial charge in [-0.2, -0.15) is 4.98 Å². The van der Waals surface area contributed by atoms with E-state index in [0.717, 1.165) is 0 Å². The van der Waals surface area contributed by atoms with E-state index in [-0.39, 0.29) is 17.1 Å². The molecule has 6 heteroatoms. The Morgan fingerprint density at radius 1 is 1.71 bits per heavy atom. The van der Waals surface area contributed by atoms with Crippen LogP contribution in [0.15, 0.2) is 10.7 Å². The highest BCUT2D eigenvalue weighted by molar-refractivity contribution is 9.10. The molecule has 76 valence electrons. The van der Waals surface area contributed by atoms with Crippen LogP contribution in [0, 0.1) is 0 Å². The highest BCUT2D eigenvalue weighted by Gasteiger charge is 2.10. The zero-order chi connectivity index (χ0) is 10.7. The van der Waals surface area contributed by atoms with Gasteiger partial charge in [0.2, 0.25) is 5.28 Å². The average Bonchev–Trinajstić information content (AvgIpc) is 2.11. The Hall–Kier alpha value is -0.680. The zero-order valence-corrected chi connectivity index (χ0v) is 10.1. The molecule has 0 aromatic carbocycles. The molecular formula is C8H9BrClN3O. The van der Waals surface area contributed by atoms with E-state index >= 15 is 0 Å². The molecule has 0 saturated carbocycles. The monoisotopic (exact) mass is 277 g/mol. The second-order valence-corrected chi connectivity index (χ2v) is 4.00. The van der Waals surface area contributed by atoms with Gasteiger partial charge in [0, 0.05) is 6.20 Å². The van der Waals surface area contributed by atoms with Gasteiger partial charge in [0.1, 0.15) is 5.82 Å². The summed E-state index contributed by atoms with van der Waals surface area (Å²) in [5, 5.41) is 3.06. The van der Waals surface area contributed by atoms with Gasteiger partial charge in [-0.1, -0.05) is 0 Å². The van der Waals surface area contributed by atoms with Crippen molar-refractivity contribution in [3.63, 3.8) is 0 Å². The van der Waals surface area contributed by atoms with Crippen molar-refractivity contribution in [1.82, 2.24) is 9.97 Å². The summed E-state index contributed by atoms with van der Waals surface area (Å²) < 4.78 is 0.676. The zero-order valence-electron chi connectivity index (χ0n) is 7.71. The highest BCUT2D eigenvalue weighted by atomic mass is 79.9. The van der Waals surface area contributed by atoms with Crippen LogP contribution in [0.4, 0.5) is 5.82 Å². The van der Waals surface area contributed by atoms with Crippen LogP contribution in [0.5, 0.6) is 0 Å². The van der Waals surface area contributed by atoms with Crippen LogP contribution in [0.3, 0.4) is 0 Å². The number of rotatable bonds is 3. The first-order chi connectivity index (χ1) is 6.50. The molecule has 1 aromatic rings. The van der Waals surface area contributed by atoms with E-state index < -0.39 is 0 Å². The minimum atomic E-state index is -0.294. The summed E-state index contributed by atoms with van der Waals surface area (Å²) in [6.07, 6.45) is 1.53. The fourth-order valence-electron chi connectivity index (χ4n) is 0.754. The molecule has 1 rings (SSSR count). The Labute approximate surface area is 95.2 Å². The van der Waals surface area contributed by atoms with E-state index in [2.05, 4.69) is 31.2 Å². The topological polar surface area (TPSA) is 54.9 Å². The predicted molar refractivity (Wildman–Crippen MR) is 58.5 cm³/mol. The molecule has 1 atom stereocenters. The van der Waals surface area contributed by atoms with Crippen LogP contribution in [0.2, 0.25) is 5.28 Å². The van der Waals surface area contributed by atoms with Crippen LogP contribution in [0.1, 0.15) is 13.8 Å². The second-order valence-electron chi connectivity index (χ2n) is 2.81. The molecule has 0 spiro atoms. The van der Waals surface area contributed by atoms with E-state index in [1.807, 2.05) is 0 Å². The average molecular weight is 279 g/mol. The van der Waals surface area contributed by atoms with Crippen molar-refractivity contribution < 1.29 is 4.79 Å². The first kappa shape index (κ1) is 11.4. The third kappa shape index (κ3) is 2.92. The van der Waals surface area contributed by atoms with Crippen molar-refractivity contribution >= 4 is 39.1 Å². The van der Waals surface area contributed by atoms with Gasteiger partial charge >= 0.3 is 0 Å². The third-order valence-electron chi connectivity index (χ3n) is 1.68. The number of carbonyl (C=O) groups excluding carboxylic acids is 1. The SMILES string of the molecule is CC(=O)C(C)Nc1nc(Cl)ncc1Br. The van der Waals surface area contributed by atoms with E-state index in [0.29, 0.717) is 10.3 Å². The number of nitrogens with one attached hydrogen (secondary N) is 1. The van der Waals surface area contributed by atoms with Gasteiger partial charge in [0.15, 0.2) is 5.78 Å². The number of nitrogens with zero attached hydrogens (tertiary/aromatic N) is 2. The maximum absolute atomic E-state index is 11.0. The van der Waals surface area contributed by atoms with E-state index in [1.54, 1.807) is 6.92 Å². The number of hydrogen-bond donors (Lipinski definition) is 1. The minimum Gasteiger partial charge on any atom is -0.359 e. The second kappa shape index (κ2) is 4.70. The van der Waals surface area contributed by atoms with Gasteiger partial charge < -0.3 is 5.32 Å². The van der Waals surface area contributed by atoms with Crippen LogP contribution in [-0.2, 0) is 4.79 Å². The van der Waals surface area contributed by atoms with Crippen molar-refractivity contribution in [2.24, 2.45) is 0 Å². The molecule has 1 unspecified atom stereocenters. The van der Waals surface area contributed by atoms with Crippen molar-refractivity contribution in [1.29, 1.82) is 0 Å². The first-order valence-electron chi connectivity index (χ1n) is 3.95. The number of anilines is 1.